The van der Waals surface area contributed by atoms with Crippen molar-refractivity contribution in [2.24, 2.45) is 0 Å². The number of aromatic nitrogens is 4. The molecule has 0 aliphatic carbocycles. The van der Waals surface area contributed by atoms with Crippen molar-refractivity contribution >= 4 is 48.2 Å². The molecule has 1 saturated heterocycles. The number of aliphatic hydroxyl groups excluding tert-OH is 1. The Balaban J connectivity index is 1.52. The first-order valence-corrected chi connectivity index (χ1v) is 14.9. The molecule has 4 aromatic heterocycles. The number of rotatable bonds is 6. The molecule has 38 heavy (non-hydrogen) atoms. The molecule has 196 valence electrons. The van der Waals surface area contributed by atoms with Crippen molar-refractivity contribution < 1.29 is 18.3 Å². The first-order valence-electron chi connectivity index (χ1n) is 12.4. The van der Waals surface area contributed by atoms with Crippen molar-refractivity contribution in [2.45, 2.75) is 24.8 Å². The second-order valence-corrected chi connectivity index (χ2v) is 12.6. The van der Waals surface area contributed by atoms with Gasteiger partial charge >= 0.3 is 0 Å². The molecular weight excluding hydrogens is 522 g/mol. The summed E-state index contributed by atoms with van der Waals surface area (Å²) in [6.07, 6.45) is 2.69. The molecule has 0 amide bonds. The van der Waals surface area contributed by atoms with Crippen LogP contribution >= 0.6 is 11.3 Å². The number of nitrogens with one attached hydrogen (secondary N) is 1. The number of anilines is 1. The molecule has 0 bridgehead atoms. The molecule has 2 N–H and O–H groups in total. The van der Waals surface area contributed by atoms with Crippen molar-refractivity contribution in [3.8, 4) is 21.8 Å². The summed E-state index contributed by atoms with van der Waals surface area (Å²) in [6.45, 7) is 6.18. The summed E-state index contributed by atoms with van der Waals surface area (Å²) in [5.41, 5.74) is 4.23. The van der Waals surface area contributed by atoms with Crippen molar-refractivity contribution in [2.75, 3.05) is 37.0 Å². The van der Waals surface area contributed by atoms with E-state index in [1.165, 1.54) is 6.92 Å². The Labute approximate surface area is 224 Å². The van der Waals surface area contributed by atoms with Gasteiger partial charge in [-0.15, -0.1) is 11.3 Å². The average molecular weight is 550 g/mol. The number of aryl methyl sites for hydroxylation is 1. The van der Waals surface area contributed by atoms with E-state index in [4.69, 9.17) is 14.7 Å². The average Bonchev–Trinajstić information content (AvgIpc) is 3.52. The first kappa shape index (κ1) is 24.9. The van der Waals surface area contributed by atoms with E-state index < -0.39 is 15.9 Å². The highest BCUT2D eigenvalue weighted by atomic mass is 32.2. The summed E-state index contributed by atoms with van der Waals surface area (Å²) in [5, 5.41) is 10.7. The molecule has 11 heteroatoms. The molecule has 0 radical (unpaired) electrons. The lowest BCUT2D eigenvalue weighted by Gasteiger charge is -2.28. The van der Waals surface area contributed by atoms with E-state index in [-0.39, 0.29) is 10.6 Å². The highest BCUT2D eigenvalue weighted by Gasteiger charge is 2.24. The van der Waals surface area contributed by atoms with Gasteiger partial charge in [-0.05, 0) is 49.2 Å². The van der Waals surface area contributed by atoms with Gasteiger partial charge in [-0.25, -0.2) is 23.4 Å². The number of ether oxygens (including phenoxy) is 1. The lowest BCUT2D eigenvalue weighted by atomic mass is 10.1. The molecule has 5 heterocycles. The van der Waals surface area contributed by atoms with Crippen LogP contribution in [0.15, 0.2) is 53.7 Å². The number of aromatic amines is 1. The molecule has 1 atom stereocenters. The maximum absolute atomic E-state index is 12.8. The molecule has 1 aromatic carbocycles. The van der Waals surface area contributed by atoms with E-state index in [1.807, 2.05) is 31.3 Å². The van der Waals surface area contributed by atoms with Gasteiger partial charge in [0.1, 0.15) is 5.65 Å². The van der Waals surface area contributed by atoms with Crippen molar-refractivity contribution in [1.82, 2.24) is 19.9 Å². The van der Waals surface area contributed by atoms with Crippen LogP contribution in [0.4, 0.5) is 5.82 Å². The van der Waals surface area contributed by atoms with Gasteiger partial charge in [-0.3, -0.25) is 0 Å². The number of hydrogen-bond acceptors (Lipinski definition) is 9. The summed E-state index contributed by atoms with van der Waals surface area (Å²) in [6, 6.07) is 10.9. The Hall–Kier alpha value is -3.38. The van der Waals surface area contributed by atoms with E-state index >= 15 is 0 Å². The van der Waals surface area contributed by atoms with Gasteiger partial charge in [0.05, 0.1) is 40.2 Å². The predicted molar refractivity (Wildman–Crippen MR) is 149 cm³/mol. The van der Waals surface area contributed by atoms with Crippen molar-refractivity contribution in [3.05, 3.63) is 54.4 Å². The fourth-order valence-electron chi connectivity index (χ4n) is 4.77. The van der Waals surface area contributed by atoms with Gasteiger partial charge < -0.3 is 19.7 Å². The summed E-state index contributed by atoms with van der Waals surface area (Å²) in [7, 11) is -3.62. The monoisotopic (exact) mass is 549 g/mol. The number of morpholine rings is 1. The largest absolute Gasteiger partial charge is 0.392 e. The van der Waals surface area contributed by atoms with Crippen LogP contribution < -0.4 is 4.90 Å². The van der Waals surface area contributed by atoms with E-state index in [0.717, 1.165) is 61.7 Å². The Kier molecular flexibility index (Phi) is 6.39. The zero-order chi connectivity index (χ0) is 26.4. The number of nitrogens with zero attached hydrogens (tertiary/aromatic N) is 4. The summed E-state index contributed by atoms with van der Waals surface area (Å²) >= 11 is 1.57. The summed E-state index contributed by atoms with van der Waals surface area (Å²) in [5.74, 6) is 1.12. The molecule has 1 aliphatic rings. The molecule has 0 spiro atoms. The Morgan fingerprint density at radius 1 is 1.16 bits per heavy atom. The minimum Gasteiger partial charge on any atom is -0.392 e. The number of sulfone groups is 1. The molecule has 1 fully saturated rings. The van der Waals surface area contributed by atoms with Gasteiger partial charge in [0.25, 0.3) is 0 Å². The molecule has 0 saturated carbocycles. The molecule has 1 unspecified atom stereocenters. The lowest BCUT2D eigenvalue weighted by molar-refractivity contribution is 0.122. The quantitative estimate of drug-likeness (QED) is 0.323. The van der Waals surface area contributed by atoms with Gasteiger partial charge in [0.2, 0.25) is 0 Å². The molecule has 9 nitrogen and oxygen atoms in total. The lowest BCUT2D eigenvalue weighted by Crippen LogP contribution is -2.36. The van der Waals surface area contributed by atoms with Crippen LogP contribution in [0.1, 0.15) is 12.5 Å². The van der Waals surface area contributed by atoms with Crippen LogP contribution in [0.3, 0.4) is 0 Å². The standard InChI is InChI=1S/C27H27N5O4S2/c1-16(33)15-38(34,35)21-5-3-4-18(13-21)23-17(2)22-24(37-23)27(32-8-10-36-11-9-32)31-26(30-22)20-12-19-6-7-28-25(19)29-14-20/h3-7,12-14,16,33H,8-11,15H2,1-2H3,(H,28,29). The second-order valence-electron chi connectivity index (χ2n) is 9.50. The SMILES string of the molecule is Cc1c(-c2cccc(S(=O)(=O)CC(C)O)c2)sc2c(N3CCOCC3)nc(-c3cnc4[nH]ccc4c3)nc12. The summed E-state index contributed by atoms with van der Waals surface area (Å²) < 4.78 is 32.2. The number of thiophene rings is 1. The number of H-pyrrole nitrogens is 1. The smallest absolute Gasteiger partial charge is 0.180 e. The summed E-state index contributed by atoms with van der Waals surface area (Å²) in [4.78, 5) is 21.0. The number of benzene rings is 1. The normalized spacial score (nSPS) is 15.4. The van der Waals surface area contributed by atoms with Crippen LogP contribution in [0, 0.1) is 6.92 Å². The first-order chi connectivity index (χ1) is 18.3. The molecule has 6 rings (SSSR count). The number of fused-ring (bicyclic) bond motifs is 2. The molecular formula is C27H27N5O4S2. The predicted octanol–water partition coefficient (Wildman–Crippen LogP) is 4.20. The Morgan fingerprint density at radius 3 is 2.76 bits per heavy atom. The number of aliphatic hydroxyl groups is 1. The minimum absolute atomic E-state index is 0.193. The van der Waals surface area contributed by atoms with Crippen LogP contribution in [-0.4, -0.2) is 71.6 Å². The second kappa shape index (κ2) is 9.73. The van der Waals surface area contributed by atoms with Crippen LogP contribution in [0.2, 0.25) is 0 Å². The Morgan fingerprint density at radius 2 is 1.97 bits per heavy atom. The van der Waals surface area contributed by atoms with Crippen molar-refractivity contribution in [1.29, 1.82) is 0 Å². The highest BCUT2D eigenvalue weighted by molar-refractivity contribution is 7.91. The molecule has 5 aromatic rings. The number of pyridine rings is 1. The van der Waals surface area contributed by atoms with E-state index in [9.17, 15) is 13.5 Å². The fraction of sp³-hybridized carbons (Fsp3) is 0.296. The third-order valence-corrected chi connectivity index (χ3v) is 9.85. The maximum Gasteiger partial charge on any atom is 0.180 e. The fourth-order valence-corrected chi connectivity index (χ4v) is 7.45. The van der Waals surface area contributed by atoms with Crippen molar-refractivity contribution in [3.63, 3.8) is 0 Å². The third-order valence-electron chi connectivity index (χ3n) is 6.63. The molecule has 1 aliphatic heterocycles. The zero-order valence-corrected chi connectivity index (χ0v) is 22.6. The third kappa shape index (κ3) is 4.55. The minimum atomic E-state index is -3.62. The van der Waals surface area contributed by atoms with E-state index in [2.05, 4.69) is 14.9 Å². The van der Waals surface area contributed by atoms with Gasteiger partial charge in [-0.1, -0.05) is 12.1 Å². The highest BCUT2D eigenvalue weighted by Crippen LogP contribution is 2.42. The van der Waals surface area contributed by atoms with Crippen LogP contribution in [0.25, 0.3) is 43.1 Å². The number of hydrogen-bond donors (Lipinski definition) is 2. The Bertz CT molecular complexity index is 1750. The van der Waals surface area contributed by atoms with Crippen LogP contribution in [0.5, 0.6) is 0 Å². The van der Waals surface area contributed by atoms with Gasteiger partial charge in [0.15, 0.2) is 21.5 Å². The van der Waals surface area contributed by atoms with E-state index in [1.54, 1.807) is 35.7 Å². The zero-order valence-electron chi connectivity index (χ0n) is 21.0. The van der Waals surface area contributed by atoms with Gasteiger partial charge in [-0.2, -0.15) is 0 Å². The van der Waals surface area contributed by atoms with Crippen LogP contribution in [-0.2, 0) is 14.6 Å². The maximum atomic E-state index is 12.8. The van der Waals surface area contributed by atoms with Gasteiger partial charge in [0, 0.05) is 41.3 Å². The topological polar surface area (TPSA) is 121 Å². The van der Waals surface area contributed by atoms with E-state index in [0.29, 0.717) is 19.0 Å².